The molecule has 1 atom stereocenters. The highest BCUT2D eigenvalue weighted by Gasteiger charge is 2.29. The van der Waals surface area contributed by atoms with Crippen LogP contribution >= 0.6 is 50.7 Å². The summed E-state index contributed by atoms with van der Waals surface area (Å²) in [4.78, 5) is 27.3. The second-order valence-electron chi connectivity index (χ2n) is 8.00. The van der Waals surface area contributed by atoms with Crippen LogP contribution in [0.2, 0.25) is 15.1 Å². The van der Waals surface area contributed by atoms with Crippen molar-refractivity contribution in [2.75, 3.05) is 6.61 Å². The van der Waals surface area contributed by atoms with Crippen LogP contribution in [0.15, 0.2) is 40.9 Å². The van der Waals surface area contributed by atoms with Crippen LogP contribution in [0.5, 0.6) is 5.75 Å². The van der Waals surface area contributed by atoms with Gasteiger partial charge in [-0.3, -0.25) is 9.59 Å². The first-order valence-corrected chi connectivity index (χ1v) is 11.4. The molecule has 0 saturated carbocycles. The number of nitrogens with one attached hydrogen (secondary N) is 1. The number of rotatable bonds is 7. The lowest BCUT2D eigenvalue weighted by Crippen LogP contribution is -2.53. The monoisotopic (exact) mass is 548 g/mol. The van der Waals surface area contributed by atoms with Gasteiger partial charge in [0.1, 0.15) is 11.8 Å². The first kappa shape index (κ1) is 25.8. The summed E-state index contributed by atoms with van der Waals surface area (Å²) in [6, 6.07) is 9.38. The molecular weight excluding hydrogens is 527 g/mol. The Bertz CT molecular complexity index is 943. The maximum absolute atomic E-state index is 13.1. The van der Waals surface area contributed by atoms with Gasteiger partial charge in [0, 0.05) is 32.2 Å². The van der Waals surface area contributed by atoms with E-state index in [-0.39, 0.29) is 19.1 Å². The van der Waals surface area contributed by atoms with Crippen LogP contribution in [-0.2, 0) is 16.1 Å². The topological polar surface area (TPSA) is 58.6 Å². The summed E-state index contributed by atoms with van der Waals surface area (Å²) < 4.78 is 6.41. The molecule has 0 aliphatic carbocycles. The first-order chi connectivity index (χ1) is 14.4. The fourth-order valence-corrected chi connectivity index (χ4v) is 3.97. The third kappa shape index (κ3) is 7.56. The van der Waals surface area contributed by atoms with Gasteiger partial charge in [0.05, 0.1) is 5.02 Å². The van der Waals surface area contributed by atoms with Gasteiger partial charge in [-0.15, -0.1) is 0 Å². The van der Waals surface area contributed by atoms with Crippen molar-refractivity contribution in [2.24, 2.45) is 0 Å². The number of benzene rings is 2. The molecule has 0 heterocycles. The molecule has 2 amide bonds. The molecule has 0 bridgehead atoms. The molecule has 168 valence electrons. The van der Waals surface area contributed by atoms with Crippen molar-refractivity contribution >= 4 is 62.5 Å². The smallest absolute Gasteiger partial charge is 0.261 e. The summed E-state index contributed by atoms with van der Waals surface area (Å²) in [5.74, 6) is -0.349. The van der Waals surface area contributed by atoms with Crippen LogP contribution in [-0.4, -0.2) is 34.9 Å². The van der Waals surface area contributed by atoms with E-state index in [0.717, 1.165) is 4.47 Å². The summed E-state index contributed by atoms with van der Waals surface area (Å²) in [5.41, 5.74) is 0.0973. The Kier molecular flexibility index (Phi) is 9.07. The van der Waals surface area contributed by atoms with Gasteiger partial charge >= 0.3 is 0 Å². The molecule has 2 aromatic carbocycles. The molecule has 2 aromatic rings. The van der Waals surface area contributed by atoms with E-state index >= 15 is 0 Å². The molecule has 0 spiro atoms. The first-order valence-electron chi connectivity index (χ1n) is 9.51. The van der Waals surface area contributed by atoms with E-state index in [2.05, 4.69) is 21.2 Å². The molecule has 9 heteroatoms. The highest BCUT2D eigenvalue weighted by atomic mass is 79.9. The van der Waals surface area contributed by atoms with Crippen molar-refractivity contribution in [1.82, 2.24) is 10.2 Å². The number of ether oxygens (including phenoxy) is 1. The largest absolute Gasteiger partial charge is 0.482 e. The molecule has 31 heavy (non-hydrogen) atoms. The predicted octanol–water partition coefficient (Wildman–Crippen LogP) is 6.12. The standard InChI is InChI=1S/C22H24BrCl3N2O3/c1-13(21(30)27-22(2,3)4)28(11-15-16(24)6-5-7-17(15)25)20(29)12-31-19-9-8-14(23)10-18(19)26/h5-10,13H,11-12H2,1-4H3,(H,27,30)/t13-/m1/s1. The molecule has 0 unspecified atom stereocenters. The minimum atomic E-state index is -0.789. The Labute approximate surface area is 206 Å². The van der Waals surface area contributed by atoms with Crippen molar-refractivity contribution < 1.29 is 14.3 Å². The third-order valence-corrected chi connectivity index (χ3v) is 5.80. The Morgan fingerprint density at radius 1 is 1.10 bits per heavy atom. The number of nitrogens with zero attached hydrogens (tertiary/aromatic N) is 1. The van der Waals surface area contributed by atoms with E-state index in [4.69, 9.17) is 39.5 Å². The predicted molar refractivity (Wildman–Crippen MR) is 129 cm³/mol. The normalized spacial score (nSPS) is 12.3. The second kappa shape index (κ2) is 10.9. The van der Waals surface area contributed by atoms with E-state index in [1.54, 1.807) is 43.3 Å². The van der Waals surface area contributed by atoms with Crippen LogP contribution in [0.3, 0.4) is 0 Å². The summed E-state index contributed by atoms with van der Waals surface area (Å²) in [6.45, 7) is 6.99. The Hall–Kier alpha value is -1.47. The lowest BCUT2D eigenvalue weighted by Gasteiger charge is -2.31. The molecule has 0 aliphatic heterocycles. The average Bonchev–Trinajstić information content (AvgIpc) is 2.65. The van der Waals surface area contributed by atoms with E-state index in [9.17, 15) is 9.59 Å². The minimum absolute atomic E-state index is 0.0491. The third-order valence-electron chi connectivity index (χ3n) is 4.30. The molecule has 0 radical (unpaired) electrons. The maximum atomic E-state index is 13.1. The van der Waals surface area contributed by atoms with Crippen LogP contribution in [0, 0.1) is 0 Å². The zero-order valence-corrected chi connectivity index (χ0v) is 21.5. The van der Waals surface area contributed by atoms with Crippen molar-refractivity contribution in [3.05, 3.63) is 61.5 Å². The molecule has 0 aliphatic rings. The number of hydrogen-bond donors (Lipinski definition) is 1. The van der Waals surface area contributed by atoms with Gasteiger partial charge in [-0.25, -0.2) is 0 Å². The SMILES string of the molecule is C[C@H](C(=O)NC(C)(C)C)N(Cc1c(Cl)cccc1Cl)C(=O)COc1ccc(Br)cc1Cl. The zero-order valence-electron chi connectivity index (χ0n) is 17.6. The van der Waals surface area contributed by atoms with E-state index in [1.165, 1.54) is 4.90 Å². The highest BCUT2D eigenvalue weighted by molar-refractivity contribution is 9.10. The van der Waals surface area contributed by atoms with Crippen molar-refractivity contribution in [3.8, 4) is 5.75 Å². The highest BCUT2D eigenvalue weighted by Crippen LogP contribution is 2.29. The Balaban J connectivity index is 2.27. The molecule has 0 aromatic heterocycles. The Morgan fingerprint density at radius 2 is 1.71 bits per heavy atom. The molecule has 0 saturated heterocycles. The van der Waals surface area contributed by atoms with Crippen LogP contribution in [0.25, 0.3) is 0 Å². The minimum Gasteiger partial charge on any atom is -0.482 e. The fraction of sp³-hybridized carbons (Fsp3) is 0.364. The molecule has 2 rings (SSSR count). The van der Waals surface area contributed by atoms with E-state index in [1.807, 2.05) is 20.8 Å². The van der Waals surface area contributed by atoms with Crippen LogP contribution in [0.1, 0.15) is 33.3 Å². The number of carbonyl (C=O) groups excluding carboxylic acids is 2. The van der Waals surface area contributed by atoms with Gasteiger partial charge in [0.2, 0.25) is 5.91 Å². The van der Waals surface area contributed by atoms with Crippen LogP contribution < -0.4 is 10.1 Å². The van der Waals surface area contributed by atoms with Crippen molar-refractivity contribution in [2.45, 2.75) is 45.8 Å². The van der Waals surface area contributed by atoms with Gasteiger partial charge in [0.15, 0.2) is 6.61 Å². The van der Waals surface area contributed by atoms with Crippen LogP contribution in [0.4, 0.5) is 0 Å². The zero-order chi connectivity index (χ0) is 23.3. The molecular formula is C22H24BrCl3N2O3. The molecule has 5 nitrogen and oxygen atoms in total. The van der Waals surface area contributed by atoms with Gasteiger partial charge in [-0.2, -0.15) is 0 Å². The lowest BCUT2D eigenvalue weighted by atomic mass is 10.1. The van der Waals surface area contributed by atoms with Gasteiger partial charge < -0.3 is 15.0 Å². The van der Waals surface area contributed by atoms with E-state index < -0.39 is 17.5 Å². The number of halogens is 4. The number of hydrogen-bond acceptors (Lipinski definition) is 3. The average molecular weight is 551 g/mol. The van der Waals surface area contributed by atoms with E-state index in [0.29, 0.717) is 26.4 Å². The quantitative estimate of drug-likeness (QED) is 0.452. The maximum Gasteiger partial charge on any atom is 0.261 e. The van der Waals surface area contributed by atoms with Crippen molar-refractivity contribution in [3.63, 3.8) is 0 Å². The number of carbonyl (C=O) groups is 2. The molecule has 1 N–H and O–H groups in total. The Morgan fingerprint density at radius 3 is 2.26 bits per heavy atom. The van der Waals surface area contributed by atoms with Crippen molar-refractivity contribution in [1.29, 1.82) is 0 Å². The fourth-order valence-electron chi connectivity index (χ4n) is 2.73. The lowest BCUT2D eigenvalue weighted by molar-refractivity contribution is -0.142. The van der Waals surface area contributed by atoms with Gasteiger partial charge in [-0.1, -0.05) is 56.8 Å². The summed E-state index contributed by atoms with van der Waals surface area (Å²) in [7, 11) is 0. The number of amides is 2. The second-order valence-corrected chi connectivity index (χ2v) is 10.1. The summed E-state index contributed by atoms with van der Waals surface area (Å²) in [6.07, 6.45) is 0. The molecule has 0 fully saturated rings. The van der Waals surface area contributed by atoms with Gasteiger partial charge in [0.25, 0.3) is 5.91 Å². The van der Waals surface area contributed by atoms with Gasteiger partial charge in [-0.05, 0) is 58.0 Å². The summed E-state index contributed by atoms with van der Waals surface area (Å²) >= 11 is 22.1. The summed E-state index contributed by atoms with van der Waals surface area (Å²) in [5, 5.41) is 4.07.